The Hall–Kier alpha value is -4.53. The van der Waals surface area contributed by atoms with Crippen LogP contribution in [0.15, 0.2) is 54.6 Å². The van der Waals surface area contributed by atoms with E-state index in [2.05, 4.69) is 14.5 Å². The van der Waals surface area contributed by atoms with Crippen LogP contribution >= 0.6 is 0 Å². The standard InChI is InChI=1S/C31H30FN5O5/c32-25-14-20(16-33)4-7-28(25)41-19-22-2-1-3-30(34-22)42-23-8-11-36(12-9-23)18-29-35-26-6-5-21(31(38)39)15-27(26)37(29)17-24-10-13-40-24/h1-7,14-15,23-24H,8-13,17-19H2,(H,38,39)/t24-/m0/s1. The molecule has 2 aliphatic heterocycles. The van der Waals surface area contributed by atoms with Crippen LogP contribution in [-0.4, -0.2) is 62.4 Å². The van der Waals surface area contributed by atoms with Crippen LogP contribution in [0.2, 0.25) is 0 Å². The summed E-state index contributed by atoms with van der Waals surface area (Å²) < 4.78 is 33.7. The van der Waals surface area contributed by atoms with Crippen LogP contribution in [0.5, 0.6) is 11.6 Å². The Labute approximate surface area is 241 Å². The molecule has 42 heavy (non-hydrogen) atoms. The highest BCUT2D eigenvalue weighted by Gasteiger charge is 2.26. The SMILES string of the molecule is N#Cc1ccc(OCc2cccc(OC3CCN(Cc4nc5ccc(C(=O)O)cc5n4C[C@@H]4CCO4)CC3)n2)c(F)c1. The Bertz CT molecular complexity index is 1640. The number of carbonyl (C=O) groups is 1. The number of pyridine rings is 1. The molecule has 0 radical (unpaired) electrons. The summed E-state index contributed by atoms with van der Waals surface area (Å²) in [7, 11) is 0. The largest absolute Gasteiger partial charge is 0.484 e. The molecular formula is C31H30FN5O5. The molecule has 2 saturated heterocycles. The molecule has 0 unspecified atom stereocenters. The molecule has 1 atom stereocenters. The second-order valence-electron chi connectivity index (χ2n) is 10.5. The van der Waals surface area contributed by atoms with Gasteiger partial charge in [-0.05, 0) is 61.7 Å². The maximum Gasteiger partial charge on any atom is 0.335 e. The molecule has 0 spiro atoms. The van der Waals surface area contributed by atoms with E-state index in [0.29, 0.717) is 24.7 Å². The van der Waals surface area contributed by atoms with Gasteiger partial charge in [-0.3, -0.25) is 4.90 Å². The lowest BCUT2D eigenvalue weighted by atomic mass is 10.1. The van der Waals surface area contributed by atoms with Crippen molar-refractivity contribution in [3.05, 3.63) is 83.1 Å². The van der Waals surface area contributed by atoms with Crippen molar-refractivity contribution in [2.45, 2.75) is 51.2 Å². The first-order valence-corrected chi connectivity index (χ1v) is 14.0. The molecular weight excluding hydrogens is 541 g/mol. The second-order valence-corrected chi connectivity index (χ2v) is 10.5. The first kappa shape index (κ1) is 27.6. The van der Waals surface area contributed by atoms with Crippen LogP contribution in [0.4, 0.5) is 4.39 Å². The third kappa shape index (κ3) is 6.20. The number of aromatic nitrogens is 3. The Morgan fingerprint density at radius 3 is 2.67 bits per heavy atom. The minimum Gasteiger partial charge on any atom is -0.484 e. The van der Waals surface area contributed by atoms with Crippen molar-refractivity contribution in [2.24, 2.45) is 0 Å². The van der Waals surface area contributed by atoms with E-state index in [1.807, 2.05) is 12.1 Å². The highest BCUT2D eigenvalue weighted by molar-refractivity contribution is 5.92. The van der Waals surface area contributed by atoms with Gasteiger partial charge < -0.3 is 23.9 Å². The lowest BCUT2D eigenvalue weighted by molar-refractivity contribution is -0.0592. The van der Waals surface area contributed by atoms with E-state index in [1.165, 1.54) is 12.1 Å². The zero-order valence-electron chi connectivity index (χ0n) is 22.9. The van der Waals surface area contributed by atoms with Crippen LogP contribution < -0.4 is 9.47 Å². The van der Waals surface area contributed by atoms with E-state index in [4.69, 9.17) is 24.5 Å². The summed E-state index contributed by atoms with van der Waals surface area (Å²) in [6.45, 7) is 3.75. The number of carboxylic acid groups (broad SMARTS) is 1. The number of imidazole rings is 1. The summed E-state index contributed by atoms with van der Waals surface area (Å²) in [6.07, 6.45) is 2.72. The van der Waals surface area contributed by atoms with Crippen molar-refractivity contribution in [3.8, 4) is 17.7 Å². The van der Waals surface area contributed by atoms with Gasteiger partial charge in [0.1, 0.15) is 18.5 Å². The average Bonchev–Trinajstić information content (AvgIpc) is 3.31. The molecule has 10 nitrogen and oxygen atoms in total. The Kier molecular flexibility index (Phi) is 7.99. The van der Waals surface area contributed by atoms with Crippen molar-refractivity contribution < 1.29 is 28.5 Å². The molecule has 4 aromatic rings. The Balaban J connectivity index is 1.06. The fourth-order valence-electron chi connectivity index (χ4n) is 5.26. The molecule has 6 rings (SSSR count). The number of benzene rings is 2. The Morgan fingerprint density at radius 1 is 1.12 bits per heavy atom. The van der Waals surface area contributed by atoms with E-state index in [0.717, 1.165) is 61.9 Å². The third-order valence-corrected chi connectivity index (χ3v) is 7.66. The lowest BCUT2D eigenvalue weighted by Gasteiger charge is -2.32. The first-order chi connectivity index (χ1) is 20.4. The zero-order valence-corrected chi connectivity index (χ0v) is 22.9. The number of nitrogens with zero attached hydrogens (tertiary/aromatic N) is 5. The fraction of sp³-hybridized carbons (Fsp3) is 0.355. The molecule has 11 heteroatoms. The number of ether oxygens (including phenoxy) is 3. The number of hydrogen-bond donors (Lipinski definition) is 1. The van der Waals surface area contributed by atoms with E-state index in [-0.39, 0.29) is 35.7 Å². The topological polar surface area (TPSA) is 123 Å². The summed E-state index contributed by atoms with van der Waals surface area (Å²) in [5, 5.41) is 18.4. The summed E-state index contributed by atoms with van der Waals surface area (Å²) in [6, 6.07) is 16.5. The van der Waals surface area contributed by atoms with Crippen molar-refractivity contribution in [1.82, 2.24) is 19.4 Å². The van der Waals surface area contributed by atoms with Crippen LogP contribution in [-0.2, 0) is 24.4 Å². The number of piperidine rings is 1. The molecule has 0 saturated carbocycles. The van der Waals surface area contributed by atoms with Gasteiger partial charge in [0.05, 0.1) is 53.1 Å². The molecule has 2 aromatic heterocycles. The molecule has 0 aliphatic carbocycles. The molecule has 1 N–H and O–H groups in total. The molecule has 0 amide bonds. The first-order valence-electron chi connectivity index (χ1n) is 14.0. The summed E-state index contributed by atoms with van der Waals surface area (Å²) in [5.41, 5.74) is 2.68. The van der Waals surface area contributed by atoms with Crippen LogP contribution in [0.1, 0.15) is 46.7 Å². The fourth-order valence-corrected chi connectivity index (χ4v) is 5.26. The van der Waals surface area contributed by atoms with Gasteiger partial charge in [0, 0.05) is 25.8 Å². The smallest absolute Gasteiger partial charge is 0.335 e. The van der Waals surface area contributed by atoms with Gasteiger partial charge in [-0.1, -0.05) is 6.07 Å². The van der Waals surface area contributed by atoms with Gasteiger partial charge in [-0.2, -0.15) is 5.26 Å². The van der Waals surface area contributed by atoms with E-state index in [9.17, 15) is 14.3 Å². The van der Waals surface area contributed by atoms with Crippen LogP contribution in [0.25, 0.3) is 11.0 Å². The number of nitriles is 1. The van der Waals surface area contributed by atoms with Gasteiger partial charge in [-0.15, -0.1) is 0 Å². The third-order valence-electron chi connectivity index (χ3n) is 7.66. The number of aromatic carboxylic acids is 1. The number of rotatable bonds is 10. The quantitative estimate of drug-likeness (QED) is 0.292. The predicted molar refractivity (Wildman–Crippen MR) is 150 cm³/mol. The van der Waals surface area contributed by atoms with Crippen molar-refractivity contribution in [1.29, 1.82) is 5.26 Å². The molecule has 0 bridgehead atoms. The second kappa shape index (κ2) is 12.1. The normalized spacial score (nSPS) is 17.5. The van der Waals surface area contributed by atoms with Gasteiger partial charge in [0.25, 0.3) is 0 Å². The molecule has 2 aliphatic rings. The van der Waals surface area contributed by atoms with Crippen molar-refractivity contribution in [2.75, 3.05) is 19.7 Å². The van der Waals surface area contributed by atoms with E-state index in [1.54, 1.807) is 30.3 Å². The van der Waals surface area contributed by atoms with E-state index >= 15 is 0 Å². The lowest BCUT2D eigenvalue weighted by Crippen LogP contribution is -2.39. The molecule has 216 valence electrons. The number of fused-ring (bicyclic) bond motifs is 1. The molecule has 2 aromatic carbocycles. The predicted octanol–water partition coefficient (Wildman–Crippen LogP) is 4.55. The van der Waals surface area contributed by atoms with Crippen LogP contribution in [0.3, 0.4) is 0 Å². The summed E-state index contributed by atoms with van der Waals surface area (Å²) in [5.74, 6) is -0.0986. The van der Waals surface area contributed by atoms with Crippen molar-refractivity contribution >= 4 is 17.0 Å². The minimum atomic E-state index is -0.957. The van der Waals surface area contributed by atoms with Crippen molar-refractivity contribution in [3.63, 3.8) is 0 Å². The molecule has 4 heterocycles. The number of hydrogen-bond acceptors (Lipinski definition) is 8. The van der Waals surface area contributed by atoms with Gasteiger partial charge in [-0.25, -0.2) is 19.2 Å². The maximum atomic E-state index is 14.1. The van der Waals surface area contributed by atoms with Gasteiger partial charge >= 0.3 is 5.97 Å². The highest BCUT2D eigenvalue weighted by atomic mass is 19.1. The van der Waals surface area contributed by atoms with E-state index < -0.39 is 11.8 Å². The average molecular weight is 572 g/mol. The number of carboxylic acids is 1. The number of likely N-dealkylation sites (tertiary alicyclic amines) is 1. The zero-order chi connectivity index (χ0) is 29.1. The monoisotopic (exact) mass is 571 g/mol. The summed E-state index contributed by atoms with van der Waals surface area (Å²) >= 11 is 0. The van der Waals surface area contributed by atoms with Crippen LogP contribution in [0, 0.1) is 17.1 Å². The number of halogens is 1. The summed E-state index contributed by atoms with van der Waals surface area (Å²) in [4.78, 5) is 23.3. The highest BCUT2D eigenvalue weighted by Crippen LogP contribution is 2.25. The minimum absolute atomic E-state index is 0.00112. The van der Waals surface area contributed by atoms with Gasteiger partial charge in [0.15, 0.2) is 11.6 Å². The maximum absolute atomic E-state index is 14.1. The Morgan fingerprint density at radius 2 is 1.95 bits per heavy atom. The van der Waals surface area contributed by atoms with Gasteiger partial charge in [0.2, 0.25) is 5.88 Å². The molecule has 2 fully saturated rings.